The number of rotatable bonds is 5. The van der Waals surface area contributed by atoms with Gasteiger partial charge in [-0.3, -0.25) is 25.2 Å². The van der Waals surface area contributed by atoms with Crippen LogP contribution in [0.3, 0.4) is 0 Å². The fraction of sp³-hybridized carbons (Fsp3) is 0.348. The first-order valence-corrected chi connectivity index (χ1v) is 9.76. The van der Waals surface area contributed by atoms with E-state index in [9.17, 15) is 18.8 Å². The van der Waals surface area contributed by atoms with Gasteiger partial charge in [0.2, 0.25) is 0 Å². The number of carbonyl (C=O) groups excluding carboxylic acids is 3. The molecule has 2 rings (SSSR count). The molecule has 7 heteroatoms. The number of carbonyl (C=O) groups is 3. The molecular formula is C23H28FN3O3. The van der Waals surface area contributed by atoms with E-state index in [4.69, 9.17) is 0 Å². The standard InChI is InChI=1S/C23H28FN3O3/c1-14(2)19(22(30)27-26-21(29)16-8-12-18(24)13-9-16)25-20(28)15-6-10-17(11-7-15)23(3,4)5/h6-14,19H,1-5H3,(H,25,28)(H,26,29)(H,27,30)/t19-/m0/s1. The number of hydrogen-bond acceptors (Lipinski definition) is 3. The van der Waals surface area contributed by atoms with Crippen LogP contribution in [0.5, 0.6) is 0 Å². The van der Waals surface area contributed by atoms with Crippen molar-refractivity contribution in [1.29, 1.82) is 0 Å². The molecule has 0 bridgehead atoms. The van der Waals surface area contributed by atoms with Crippen LogP contribution in [-0.2, 0) is 10.2 Å². The van der Waals surface area contributed by atoms with Crippen molar-refractivity contribution < 1.29 is 18.8 Å². The Morgan fingerprint density at radius 2 is 1.30 bits per heavy atom. The number of hydrogen-bond donors (Lipinski definition) is 3. The van der Waals surface area contributed by atoms with Gasteiger partial charge in [0.25, 0.3) is 17.7 Å². The average molecular weight is 413 g/mol. The third-order valence-electron chi connectivity index (χ3n) is 4.65. The van der Waals surface area contributed by atoms with E-state index in [1.165, 1.54) is 12.1 Å². The highest BCUT2D eigenvalue weighted by Gasteiger charge is 2.25. The highest BCUT2D eigenvalue weighted by atomic mass is 19.1. The average Bonchev–Trinajstić information content (AvgIpc) is 2.69. The van der Waals surface area contributed by atoms with Crippen LogP contribution in [-0.4, -0.2) is 23.8 Å². The minimum Gasteiger partial charge on any atom is -0.340 e. The van der Waals surface area contributed by atoms with Crippen molar-refractivity contribution in [3.63, 3.8) is 0 Å². The molecule has 0 saturated heterocycles. The summed E-state index contributed by atoms with van der Waals surface area (Å²) in [4.78, 5) is 37.2. The maximum atomic E-state index is 13.0. The Morgan fingerprint density at radius 1 is 0.800 bits per heavy atom. The van der Waals surface area contributed by atoms with E-state index < -0.39 is 23.7 Å². The molecular weight excluding hydrogens is 385 g/mol. The largest absolute Gasteiger partial charge is 0.340 e. The van der Waals surface area contributed by atoms with Gasteiger partial charge in [-0.25, -0.2) is 4.39 Å². The molecule has 0 aliphatic carbocycles. The maximum absolute atomic E-state index is 13.0. The lowest BCUT2D eigenvalue weighted by Gasteiger charge is -2.22. The quantitative estimate of drug-likeness (QED) is 0.657. The third-order valence-corrected chi connectivity index (χ3v) is 4.65. The van der Waals surface area contributed by atoms with Gasteiger partial charge in [0.1, 0.15) is 11.9 Å². The zero-order valence-corrected chi connectivity index (χ0v) is 17.9. The molecule has 2 aromatic rings. The molecule has 160 valence electrons. The van der Waals surface area contributed by atoms with E-state index >= 15 is 0 Å². The van der Waals surface area contributed by atoms with Crippen LogP contribution in [0.15, 0.2) is 48.5 Å². The van der Waals surface area contributed by atoms with Crippen molar-refractivity contribution >= 4 is 17.7 Å². The van der Waals surface area contributed by atoms with Crippen LogP contribution in [0.2, 0.25) is 0 Å². The summed E-state index contributed by atoms with van der Waals surface area (Å²) in [6.07, 6.45) is 0. The summed E-state index contributed by atoms with van der Waals surface area (Å²) >= 11 is 0. The molecule has 0 fully saturated rings. The highest BCUT2D eigenvalue weighted by Crippen LogP contribution is 2.22. The van der Waals surface area contributed by atoms with Crippen molar-refractivity contribution in [2.45, 2.75) is 46.1 Å². The van der Waals surface area contributed by atoms with Crippen LogP contribution >= 0.6 is 0 Å². The van der Waals surface area contributed by atoms with E-state index in [-0.39, 0.29) is 22.8 Å². The molecule has 0 heterocycles. The van der Waals surface area contributed by atoms with Crippen LogP contribution in [0, 0.1) is 11.7 Å². The molecule has 2 aromatic carbocycles. The lowest BCUT2D eigenvalue weighted by Crippen LogP contribution is -2.54. The first-order valence-electron chi connectivity index (χ1n) is 9.76. The van der Waals surface area contributed by atoms with E-state index in [2.05, 4.69) is 36.9 Å². The summed E-state index contributed by atoms with van der Waals surface area (Å²) < 4.78 is 13.0. The Morgan fingerprint density at radius 3 is 1.80 bits per heavy atom. The molecule has 3 N–H and O–H groups in total. The lowest BCUT2D eigenvalue weighted by atomic mass is 9.86. The normalized spacial score (nSPS) is 12.2. The van der Waals surface area contributed by atoms with Crippen molar-refractivity contribution in [3.8, 4) is 0 Å². The minimum atomic E-state index is -0.853. The zero-order chi connectivity index (χ0) is 22.5. The van der Waals surface area contributed by atoms with Gasteiger partial charge in [-0.1, -0.05) is 46.8 Å². The summed E-state index contributed by atoms with van der Waals surface area (Å²) in [5.41, 5.74) is 6.30. The number of amides is 3. The summed E-state index contributed by atoms with van der Waals surface area (Å²) in [5.74, 6) is -2.21. The predicted molar refractivity (Wildman–Crippen MR) is 113 cm³/mol. The van der Waals surface area contributed by atoms with Crippen LogP contribution in [0.25, 0.3) is 0 Å². The van der Waals surface area contributed by atoms with Crippen molar-refractivity contribution in [1.82, 2.24) is 16.2 Å². The molecule has 0 unspecified atom stereocenters. The van der Waals surface area contributed by atoms with Gasteiger partial charge in [0.15, 0.2) is 0 Å². The van der Waals surface area contributed by atoms with E-state index in [1.54, 1.807) is 26.0 Å². The van der Waals surface area contributed by atoms with Crippen molar-refractivity contribution in [3.05, 3.63) is 71.0 Å². The Kier molecular flexibility index (Phi) is 7.32. The second-order valence-electron chi connectivity index (χ2n) is 8.47. The minimum absolute atomic E-state index is 0.0297. The molecule has 0 radical (unpaired) electrons. The van der Waals surface area contributed by atoms with Crippen LogP contribution in [0.1, 0.15) is 60.9 Å². The van der Waals surface area contributed by atoms with Crippen LogP contribution < -0.4 is 16.2 Å². The summed E-state index contributed by atoms with van der Waals surface area (Å²) in [6, 6.07) is 11.3. The van der Waals surface area contributed by atoms with E-state index in [0.717, 1.165) is 17.7 Å². The molecule has 3 amide bonds. The second-order valence-corrected chi connectivity index (χ2v) is 8.47. The number of halogens is 1. The van der Waals surface area contributed by atoms with Crippen molar-refractivity contribution in [2.75, 3.05) is 0 Å². The lowest BCUT2D eigenvalue weighted by molar-refractivity contribution is -0.124. The molecule has 0 aliphatic heterocycles. The van der Waals surface area contributed by atoms with Gasteiger partial charge in [0.05, 0.1) is 0 Å². The van der Waals surface area contributed by atoms with Crippen molar-refractivity contribution in [2.24, 2.45) is 5.92 Å². The summed E-state index contributed by atoms with van der Waals surface area (Å²) in [7, 11) is 0. The monoisotopic (exact) mass is 413 g/mol. The second kappa shape index (κ2) is 9.52. The van der Waals surface area contributed by atoms with Gasteiger partial charge in [-0.2, -0.15) is 0 Å². The van der Waals surface area contributed by atoms with Gasteiger partial charge >= 0.3 is 0 Å². The predicted octanol–water partition coefficient (Wildman–Crippen LogP) is 3.34. The van der Waals surface area contributed by atoms with Gasteiger partial charge in [0, 0.05) is 11.1 Å². The smallest absolute Gasteiger partial charge is 0.269 e. The fourth-order valence-corrected chi connectivity index (χ4v) is 2.75. The molecule has 0 spiro atoms. The van der Waals surface area contributed by atoms with E-state index in [0.29, 0.717) is 5.56 Å². The first kappa shape index (κ1) is 23.1. The zero-order valence-electron chi connectivity index (χ0n) is 17.9. The maximum Gasteiger partial charge on any atom is 0.269 e. The Bertz CT molecular complexity index is 901. The summed E-state index contributed by atoms with van der Waals surface area (Å²) in [6.45, 7) is 9.83. The number of nitrogens with one attached hydrogen (secondary N) is 3. The highest BCUT2D eigenvalue weighted by molar-refractivity contribution is 5.99. The van der Waals surface area contributed by atoms with Gasteiger partial charge in [-0.05, 0) is 53.3 Å². The van der Waals surface area contributed by atoms with Gasteiger partial charge < -0.3 is 5.32 Å². The SMILES string of the molecule is CC(C)[C@H](NC(=O)c1ccc(C(C)(C)C)cc1)C(=O)NNC(=O)c1ccc(F)cc1. The van der Waals surface area contributed by atoms with Crippen LogP contribution in [0.4, 0.5) is 4.39 Å². The fourth-order valence-electron chi connectivity index (χ4n) is 2.75. The first-order chi connectivity index (χ1) is 14.0. The number of hydrazine groups is 1. The Hall–Kier alpha value is -3.22. The topological polar surface area (TPSA) is 87.3 Å². The van der Waals surface area contributed by atoms with E-state index in [1.807, 2.05) is 12.1 Å². The Balaban J connectivity index is 2.00. The molecule has 6 nitrogen and oxygen atoms in total. The third kappa shape index (κ3) is 6.14. The molecule has 0 aliphatic rings. The molecule has 0 aromatic heterocycles. The molecule has 30 heavy (non-hydrogen) atoms. The Labute approximate surface area is 176 Å². The molecule has 1 atom stereocenters. The molecule has 0 saturated carbocycles. The summed E-state index contributed by atoms with van der Waals surface area (Å²) in [5, 5.41) is 2.71. The van der Waals surface area contributed by atoms with Gasteiger partial charge in [-0.15, -0.1) is 0 Å². The number of benzene rings is 2.